The third kappa shape index (κ3) is 3.23. The normalized spacial score (nSPS) is 23.1. The van der Waals surface area contributed by atoms with Gasteiger partial charge in [0.05, 0.1) is 17.2 Å². The number of hydrogen-bond acceptors (Lipinski definition) is 3. The third-order valence-electron chi connectivity index (χ3n) is 3.62. The van der Waals surface area contributed by atoms with Crippen LogP contribution in [0.5, 0.6) is 0 Å². The van der Waals surface area contributed by atoms with E-state index in [1.54, 1.807) is 6.07 Å². The summed E-state index contributed by atoms with van der Waals surface area (Å²) in [5.41, 5.74) is 5.23. The zero-order valence-electron chi connectivity index (χ0n) is 10.9. The highest BCUT2D eigenvalue weighted by Gasteiger charge is 2.33. The molecule has 1 aliphatic rings. The third-order valence-corrected chi connectivity index (χ3v) is 3.62. The van der Waals surface area contributed by atoms with Crippen molar-refractivity contribution in [3.8, 4) is 6.07 Å². The average molecular weight is 283 g/mol. The maximum Gasteiger partial charge on any atom is 0.417 e. The summed E-state index contributed by atoms with van der Waals surface area (Å²) in [6.07, 6.45) is -0.578. The van der Waals surface area contributed by atoms with Crippen LogP contribution in [0.4, 0.5) is 18.9 Å². The maximum atomic E-state index is 12.7. The summed E-state index contributed by atoms with van der Waals surface area (Å²) in [6.45, 7) is 0. The summed E-state index contributed by atoms with van der Waals surface area (Å²) in [5, 5.41) is 12.0. The van der Waals surface area contributed by atoms with Gasteiger partial charge in [-0.25, -0.2) is 0 Å². The summed E-state index contributed by atoms with van der Waals surface area (Å²) >= 11 is 0. The summed E-state index contributed by atoms with van der Waals surface area (Å²) in [7, 11) is 0. The first-order valence-electron chi connectivity index (χ1n) is 6.55. The van der Waals surface area contributed by atoms with Crippen molar-refractivity contribution < 1.29 is 13.2 Å². The number of nitrogens with zero attached hydrogens (tertiary/aromatic N) is 1. The molecule has 6 heteroatoms. The van der Waals surface area contributed by atoms with Crippen LogP contribution in [-0.2, 0) is 6.18 Å². The molecule has 0 aliphatic heterocycles. The maximum absolute atomic E-state index is 12.7. The molecule has 3 nitrogen and oxygen atoms in total. The summed E-state index contributed by atoms with van der Waals surface area (Å²) in [4.78, 5) is 0. The second-order valence-electron chi connectivity index (χ2n) is 5.07. The van der Waals surface area contributed by atoms with Gasteiger partial charge in [-0.2, -0.15) is 18.4 Å². The number of benzene rings is 1. The van der Waals surface area contributed by atoms with Crippen molar-refractivity contribution in [1.29, 1.82) is 5.26 Å². The number of nitriles is 1. The molecule has 2 atom stereocenters. The number of alkyl halides is 3. The predicted octanol–water partition coefficient (Wildman–Crippen LogP) is 3.26. The van der Waals surface area contributed by atoms with Crippen molar-refractivity contribution in [3.63, 3.8) is 0 Å². The minimum absolute atomic E-state index is 0.00317. The highest BCUT2D eigenvalue weighted by molar-refractivity contribution is 5.54. The lowest BCUT2D eigenvalue weighted by atomic mass is 9.91. The van der Waals surface area contributed by atoms with Crippen LogP contribution in [0.1, 0.15) is 36.8 Å². The Balaban J connectivity index is 2.20. The first kappa shape index (κ1) is 14.7. The minimum atomic E-state index is -4.51. The second-order valence-corrected chi connectivity index (χ2v) is 5.07. The van der Waals surface area contributed by atoms with E-state index < -0.39 is 11.7 Å². The Morgan fingerprint density at radius 2 is 1.95 bits per heavy atom. The van der Waals surface area contributed by atoms with E-state index in [1.165, 1.54) is 12.1 Å². The number of nitrogens with one attached hydrogen (secondary N) is 1. The molecule has 0 heterocycles. The van der Waals surface area contributed by atoms with Crippen LogP contribution in [0.3, 0.4) is 0 Å². The van der Waals surface area contributed by atoms with Gasteiger partial charge in [-0.05, 0) is 31.0 Å². The lowest BCUT2D eigenvalue weighted by Crippen LogP contribution is -2.42. The minimum Gasteiger partial charge on any atom is -0.381 e. The van der Waals surface area contributed by atoms with Gasteiger partial charge >= 0.3 is 6.18 Å². The molecular weight excluding hydrogens is 267 g/mol. The van der Waals surface area contributed by atoms with E-state index in [0.29, 0.717) is 5.69 Å². The van der Waals surface area contributed by atoms with Crippen LogP contribution >= 0.6 is 0 Å². The Labute approximate surface area is 115 Å². The van der Waals surface area contributed by atoms with E-state index in [1.807, 2.05) is 0 Å². The molecule has 0 amide bonds. The molecule has 1 saturated carbocycles. The Bertz CT molecular complexity index is 519. The van der Waals surface area contributed by atoms with Gasteiger partial charge in [0.25, 0.3) is 0 Å². The number of hydrogen-bond donors (Lipinski definition) is 2. The Hall–Kier alpha value is -1.74. The highest BCUT2D eigenvalue weighted by Crippen LogP contribution is 2.33. The van der Waals surface area contributed by atoms with Crippen LogP contribution in [0.2, 0.25) is 0 Å². The molecule has 0 radical (unpaired) electrons. The van der Waals surface area contributed by atoms with Gasteiger partial charge in [0, 0.05) is 17.8 Å². The smallest absolute Gasteiger partial charge is 0.381 e. The molecule has 0 aromatic heterocycles. The van der Waals surface area contributed by atoms with Crippen LogP contribution in [0.25, 0.3) is 0 Å². The molecule has 1 fully saturated rings. The van der Waals surface area contributed by atoms with Gasteiger partial charge in [-0.3, -0.25) is 0 Å². The standard InChI is InChI=1S/C14H16F3N3/c15-14(16,17)11-6-5-10(7-9(11)8-18)20-13-4-2-1-3-12(13)19/h5-7,12-13,20H,1-4,19H2/t12-,13-/m1/s1. The van der Waals surface area contributed by atoms with Gasteiger partial charge in [0.15, 0.2) is 0 Å². The zero-order chi connectivity index (χ0) is 14.8. The molecule has 3 N–H and O–H groups in total. The first-order valence-corrected chi connectivity index (χ1v) is 6.55. The molecular formula is C14H16F3N3. The SMILES string of the molecule is N#Cc1cc(N[C@@H]2CCCC[C@H]2N)ccc1C(F)(F)F. The van der Waals surface area contributed by atoms with Crippen LogP contribution in [0, 0.1) is 11.3 Å². The molecule has 108 valence electrons. The highest BCUT2D eigenvalue weighted by atomic mass is 19.4. The van der Waals surface area contributed by atoms with Crippen LogP contribution in [0.15, 0.2) is 18.2 Å². The van der Waals surface area contributed by atoms with Crippen molar-refractivity contribution in [2.45, 2.75) is 43.9 Å². The topological polar surface area (TPSA) is 61.8 Å². The van der Waals surface area contributed by atoms with Gasteiger partial charge in [-0.15, -0.1) is 0 Å². The quantitative estimate of drug-likeness (QED) is 0.875. The van der Waals surface area contributed by atoms with E-state index in [2.05, 4.69) is 5.32 Å². The number of rotatable bonds is 2. The summed E-state index contributed by atoms with van der Waals surface area (Å²) < 4.78 is 38.1. The van der Waals surface area contributed by atoms with Crippen molar-refractivity contribution >= 4 is 5.69 Å². The van der Waals surface area contributed by atoms with E-state index >= 15 is 0 Å². The van der Waals surface area contributed by atoms with Crippen molar-refractivity contribution in [2.24, 2.45) is 5.73 Å². The molecule has 1 aromatic carbocycles. The van der Waals surface area contributed by atoms with Crippen molar-refractivity contribution in [2.75, 3.05) is 5.32 Å². The van der Waals surface area contributed by atoms with E-state index in [0.717, 1.165) is 31.7 Å². The molecule has 1 aliphatic carbocycles. The molecule has 0 bridgehead atoms. The molecule has 1 aromatic rings. The molecule has 0 unspecified atom stereocenters. The fourth-order valence-corrected chi connectivity index (χ4v) is 2.53. The van der Waals surface area contributed by atoms with Crippen LogP contribution in [-0.4, -0.2) is 12.1 Å². The Morgan fingerprint density at radius 3 is 2.55 bits per heavy atom. The number of anilines is 1. The molecule has 0 saturated heterocycles. The molecule has 2 rings (SSSR count). The van der Waals surface area contributed by atoms with Crippen molar-refractivity contribution in [1.82, 2.24) is 0 Å². The number of halogens is 3. The Kier molecular flexibility index (Phi) is 4.19. The average Bonchev–Trinajstić information content (AvgIpc) is 2.40. The van der Waals surface area contributed by atoms with Crippen LogP contribution < -0.4 is 11.1 Å². The summed E-state index contributed by atoms with van der Waals surface area (Å²) in [5.74, 6) is 0. The summed E-state index contributed by atoms with van der Waals surface area (Å²) in [6, 6.07) is 5.18. The fraction of sp³-hybridized carbons (Fsp3) is 0.500. The molecule has 20 heavy (non-hydrogen) atoms. The zero-order valence-corrected chi connectivity index (χ0v) is 10.9. The largest absolute Gasteiger partial charge is 0.417 e. The van der Waals surface area contributed by atoms with Gasteiger partial charge in [0.2, 0.25) is 0 Å². The number of nitrogens with two attached hydrogens (primary N) is 1. The predicted molar refractivity (Wildman–Crippen MR) is 70.0 cm³/mol. The van der Waals surface area contributed by atoms with Gasteiger partial charge in [-0.1, -0.05) is 12.8 Å². The van der Waals surface area contributed by atoms with E-state index in [4.69, 9.17) is 11.0 Å². The monoisotopic (exact) mass is 283 g/mol. The second kappa shape index (κ2) is 5.71. The Morgan fingerprint density at radius 1 is 1.25 bits per heavy atom. The van der Waals surface area contributed by atoms with Gasteiger partial charge < -0.3 is 11.1 Å². The fourth-order valence-electron chi connectivity index (χ4n) is 2.53. The molecule has 0 spiro atoms. The lowest BCUT2D eigenvalue weighted by molar-refractivity contribution is -0.137. The van der Waals surface area contributed by atoms with Gasteiger partial charge in [0.1, 0.15) is 0 Å². The van der Waals surface area contributed by atoms with E-state index in [9.17, 15) is 13.2 Å². The van der Waals surface area contributed by atoms with E-state index in [-0.39, 0.29) is 17.6 Å². The lowest BCUT2D eigenvalue weighted by Gasteiger charge is -2.30. The van der Waals surface area contributed by atoms with Crippen molar-refractivity contribution in [3.05, 3.63) is 29.3 Å². The first-order chi connectivity index (χ1) is 9.41.